The molecule has 0 fully saturated rings. The van der Waals surface area contributed by atoms with Crippen LogP contribution in [0, 0.1) is 11.8 Å². The van der Waals surface area contributed by atoms with E-state index >= 15 is 0 Å². The van der Waals surface area contributed by atoms with Crippen LogP contribution in [0.4, 0.5) is 0 Å². The van der Waals surface area contributed by atoms with Crippen molar-refractivity contribution in [3.8, 4) is 0 Å². The molecule has 8 heteroatoms. The van der Waals surface area contributed by atoms with E-state index in [-0.39, 0.29) is 55.0 Å². The lowest BCUT2D eigenvalue weighted by molar-refractivity contribution is -0.150. The first-order valence-corrected chi connectivity index (χ1v) is 24.4. The number of hydrogen-bond acceptors (Lipinski definition) is 8. The van der Waals surface area contributed by atoms with Crippen molar-refractivity contribution in [3.05, 3.63) is 0 Å². The number of carbonyl (C=O) groups excluding carboxylic acids is 4. The third-order valence-corrected chi connectivity index (χ3v) is 11.1. The number of carbonyl (C=O) groups is 4. The van der Waals surface area contributed by atoms with Crippen molar-refractivity contribution in [1.82, 2.24) is 0 Å². The molecule has 0 saturated heterocycles. The molecule has 0 aliphatic carbocycles. The van der Waals surface area contributed by atoms with Crippen LogP contribution >= 0.6 is 0 Å². The predicted molar refractivity (Wildman–Crippen MR) is 235 cm³/mol. The Morgan fingerprint density at radius 1 is 0.404 bits per heavy atom. The molecule has 57 heavy (non-hydrogen) atoms. The molecule has 0 aromatic carbocycles. The first-order valence-electron chi connectivity index (χ1n) is 24.4. The predicted octanol–water partition coefficient (Wildman–Crippen LogP) is 14.1. The van der Waals surface area contributed by atoms with Crippen molar-refractivity contribution in [3.63, 3.8) is 0 Å². The topological polar surface area (TPSA) is 105 Å². The van der Waals surface area contributed by atoms with E-state index < -0.39 is 0 Å². The fourth-order valence-electron chi connectivity index (χ4n) is 7.21. The van der Waals surface area contributed by atoms with E-state index in [9.17, 15) is 19.2 Å². The summed E-state index contributed by atoms with van der Waals surface area (Å²) in [5, 5.41) is 0. The highest BCUT2D eigenvalue weighted by atomic mass is 16.6. The monoisotopic (exact) mass is 809 g/mol. The van der Waals surface area contributed by atoms with Crippen LogP contribution in [0.1, 0.15) is 253 Å². The zero-order valence-electron chi connectivity index (χ0n) is 38.2. The first kappa shape index (κ1) is 54.9. The fraction of sp³-hybridized carbons (Fsp3) is 0.918. The molecule has 0 N–H and O–H groups in total. The van der Waals surface area contributed by atoms with Crippen LogP contribution < -0.4 is 0 Å². The summed E-state index contributed by atoms with van der Waals surface area (Å²) in [6.45, 7) is 11.6. The molecule has 336 valence electrons. The van der Waals surface area contributed by atoms with Crippen LogP contribution in [-0.4, -0.2) is 49.8 Å². The number of hydrogen-bond donors (Lipinski definition) is 0. The summed E-state index contributed by atoms with van der Waals surface area (Å²) in [6.07, 6.45) is 35.3. The molecule has 0 aliphatic heterocycles. The largest absolute Gasteiger partial charge is 0.465 e. The van der Waals surface area contributed by atoms with Gasteiger partial charge in [-0.15, -0.1) is 0 Å². The van der Waals surface area contributed by atoms with E-state index in [0.29, 0.717) is 38.7 Å². The van der Waals surface area contributed by atoms with Crippen LogP contribution in [0.2, 0.25) is 0 Å². The van der Waals surface area contributed by atoms with Crippen LogP contribution in [0.15, 0.2) is 0 Å². The minimum absolute atomic E-state index is 0.00352. The average Bonchev–Trinajstić information content (AvgIpc) is 3.20. The van der Waals surface area contributed by atoms with Crippen LogP contribution in [-0.2, 0) is 38.1 Å². The zero-order chi connectivity index (χ0) is 42.0. The lowest BCUT2D eigenvalue weighted by atomic mass is 9.94. The van der Waals surface area contributed by atoms with Gasteiger partial charge in [0.05, 0.1) is 25.7 Å². The van der Waals surface area contributed by atoms with Gasteiger partial charge in [-0.05, 0) is 57.8 Å². The molecule has 0 radical (unpaired) electrons. The summed E-state index contributed by atoms with van der Waals surface area (Å²) in [5.41, 5.74) is 0. The third-order valence-electron chi connectivity index (χ3n) is 11.1. The molecule has 0 rings (SSSR count). The molecule has 0 saturated carbocycles. The molecular formula is C49H92O8. The van der Waals surface area contributed by atoms with Crippen molar-refractivity contribution in [2.45, 2.75) is 259 Å². The number of ether oxygens (including phenoxy) is 4. The van der Waals surface area contributed by atoms with E-state index in [4.69, 9.17) is 18.9 Å². The maximum Gasteiger partial charge on any atom is 0.308 e. The highest BCUT2D eigenvalue weighted by molar-refractivity contribution is 5.72. The first-order chi connectivity index (χ1) is 27.8. The molecule has 0 heterocycles. The maximum atomic E-state index is 12.9. The van der Waals surface area contributed by atoms with Gasteiger partial charge in [-0.1, -0.05) is 176 Å². The molecule has 0 amide bonds. The highest BCUT2D eigenvalue weighted by Crippen LogP contribution is 2.21. The smallest absolute Gasteiger partial charge is 0.308 e. The summed E-state index contributed by atoms with van der Waals surface area (Å²) in [5.74, 6) is -0.627. The summed E-state index contributed by atoms with van der Waals surface area (Å²) in [6, 6.07) is 0. The van der Waals surface area contributed by atoms with Gasteiger partial charge in [0.1, 0.15) is 6.10 Å². The summed E-state index contributed by atoms with van der Waals surface area (Å²) >= 11 is 0. The molecule has 8 nitrogen and oxygen atoms in total. The van der Waals surface area contributed by atoms with E-state index in [0.717, 1.165) is 83.5 Å². The van der Waals surface area contributed by atoms with Crippen LogP contribution in [0.3, 0.4) is 0 Å². The summed E-state index contributed by atoms with van der Waals surface area (Å²) in [7, 11) is 0. The number of unbranched alkanes of at least 4 members (excludes halogenated alkanes) is 22. The Labute approximate surface area is 351 Å². The third kappa shape index (κ3) is 37.9. The van der Waals surface area contributed by atoms with Gasteiger partial charge in [0.2, 0.25) is 0 Å². The second-order valence-electron chi connectivity index (χ2n) is 17.0. The van der Waals surface area contributed by atoms with Gasteiger partial charge < -0.3 is 18.9 Å². The molecule has 0 bridgehead atoms. The minimum atomic E-state index is -0.257. The van der Waals surface area contributed by atoms with Crippen molar-refractivity contribution in [1.29, 1.82) is 0 Å². The van der Waals surface area contributed by atoms with Gasteiger partial charge in [0.25, 0.3) is 0 Å². The molecule has 0 spiro atoms. The van der Waals surface area contributed by atoms with Gasteiger partial charge in [-0.3, -0.25) is 19.2 Å². The van der Waals surface area contributed by atoms with Crippen molar-refractivity contribution in [2.75, 3.05) is 19.8 Å². The molecule has 0 aromatic heterocycles. The Morgan fingerprint density at radius 3 is 1.23 bits per heavy atom. The summed E-state index contributed by atoms with van der Waals surface area (Å²) < 4.78 is 22.2. The van der Waals surface area contributed by atoms with Gasteiger partial charge in [-0.2, -0.15) is 0 Å². The average molecular weight is 809 g/mol. The van der Waals surface area contributed by atoms with Crippen LogP contribution in [0.25, 0.3) is 0 Å². The normalized spacial score (nSPS) is 12.4. The van der Waals surface area contributed by atoms with Gasteiger partial charge in [-0.25, -0.2) is 0 Å². The second kappa shape index (κ2) is 42.0. The standard InChI is InChI=1S/C49H92O8/c1-6-10-13-16-19-23-29-36-45(9-4)57-48(52)39-32-26-31-38-47(51)56-42-43(5)41-55-46(50)37-30-24-20-25-33-40-54-49(53)44(34-27-21-17-14-11-7-2)35-28-22-18-15-12-8-3/h43-45H,6-42H2,1-5H3. The summed E-state index contributed by atoms with van der Waals surface area (Å²) in [4.78, 5) is 49.7. The van der Waals surface area contributed by atoms with E-state index in [1.165, 1.54) is 103 Å². The van der Waals surface area contributed by atoms with Gasteiger partial charge in [0.15, 0.2) is 0 Å². The maximum absolute atomic E-state index is 12.9. The SMILES string of the molecule is CCCCCCCCCC(CC)OC(=O)CCCCCC(=O)OCC(C)COC(=O)CCCCCCCOC(=O)C(CCCCCCCC)CCCCCCCC. The highest BCUT2D eigenvalue weighted by Gasteiger charge is 2.19. The quantitative estimate of drug-likeness (QED) is 0.0341. The minimum Gasteiger partial charge on any atom is -0.465 e. The number of esters is 4. The zero-order valence-corrected chi connectivity index (χ0v) is 38.2. The Morgan fingerprint density at radius 2 is 0.772 bits per heavy atom. The van der Waals surface area contributed by atoms with Gasteiger partial charge in [0, 0.05) is 25.2 Å². The van der Waals surface area contributed by atoms with Crippen molar-refractivity contribution in [2.24, 2.45) is 11.8 Å². The van der Waals surface area contributed by atoms with Crippen molar-refractivity contribution >= 4 is 23.9 Å². The van der Waals surface area contributed by atoms with Crippen LogP contribution in [0.5, 0.6) is 0 Å². The molecule has 2 unspecified atom stereocenters. The fourth-order valence-corrected chi connectivity index (χ4v) is 7.21. The van der Waals surface area contributed by atoms with E-state index in [1.807, 2.05) is 6.92 Å². The lowest BCUT2D eigenvalue weighted by Crippen LogP contribution is -2.19. The molecule has 2 atom stereocenters. The molecule has 0 aromatic rings. The lowest BCUT2D eigenvalue weighted by Gasteiger charge is -2.16. The second-order valence-corrected chi connectivity index (χ2v) is 17.0. The van der Waals surface area contributed by atoms with E-state index in [2.05, 4.69) is 27.7 Å². The van der Waals surface area contributed by atoms with E-state index in [1.54, 1.807) is 0 Å². The Balaban J connectivity index is 3.94. The molecule has 0 aliphatic rings. The van der Waals surface area contributed by atoms with Crippen molar-refractivity contribution < 1.29 is 38.1 Å². The van der Waals surface area contributed by atoms with Gasteiger partial charge >= 0.3 is 23.9 Å². The Hall–Kier alpha value is -2.12. The Bertz CT molecular complexity index is 920. The Kier molecular flexibility index (Phi) is 40.5. The number of rotatable bonds is 43. The molecular weight excluding hydrogens is 717 g/mol.